The Morgan fingerprint density at radius 1 is 1.18 bits per heavy atom. The number of nitrogens with zero attached hydrogens (tertiary/aromatic N) is 1. The fraction of sp³-hybridized carbons (Fsp3) is 0.316. The van der Waals surface area contributed by atoms with E-state index in [-0.39, 0.29) is 28.9 Å². The van der Waals surface area contributed by atoms with Crippen LogP contribution in [-0.2, 0) is 29.4 Å². The highest BCUT2D eigenvalue weighted by Gasteiger charge is 2.12. The summed E-state index contributed by atoms with van der Waals surface area (Å²) in [7, 11) is -2.00. The maximum atomic E-state index is 11.4. The Morgan fingerprint density at radius 2 is 2.00 bits per heavy atom. The number of hydrogen-bond donors (Lipinski definition) is 3. The predicted octanol–water partition coefficient (Wildman–Crippen LogP) is 1.79. The van der Waals surface area contributed by atoms with Crippen LogP contribution in [0.4, 0.5) is 0 Å². The second-order valence-electron chi connectivity index (χ2n) is 6.34. The highest BCUT2D eigenvalue weighted by Crippen LogP contribution is 2.25. The van der Waals surface area contributed by atoms with Crippen LogP contribution in [0.3, 0.4) is 0 Å². The van der Waals surface area contributed by atoms with Gasteiger partial charge in [-0.3, -0.25) is 4.99 Å². The summed E-state index contributed by atoms with van der Waals surface area (Å²) in [6, 6.07) is 12.9. The van der Waals surface area contributed by atoms with Crippen LogP contribution in [0.15, 0.2) is 52.4 Å². The molecule has 0 spiro atoms. The SMILES string of the molecule is CN=C(NCCc1ccc2c(c1)CCO2)NCc1cccc(S(N)(=O)=O)c1.I. The minimum Gasteiger partial charge on any atom is -0.493 e. The van der Waals surface area contributed by atoms with E-state index in [0.717, 1.165) is 37.3 Å². The Labute approximate surface area is 182 Å². The van der Waals surface area contributed by atoms with E-state index < -0.39 is 10.0 Å². The van der Waals surface area contributed by atoms with Gasteiger partial charge in [0, 0.05) is 26.6 Å². The summed E-state index contributed by atoms with van der Waals surface area (Å²) in [5.41, 5.74) is 3.33. The van der Waals surface area contributed by atoms with Crippen molar-refractivity contribution < 1.29 is 13.2 Å². The molecule has 28 heavy (non-hydrogen) atoms. The summed E-state index contributed by atoms with van der Waals surface area (Å²) in [6.07, 6.45) is 1.84. The van der Waals surface area contributed by atoms with E-state index in [1.807, 2.05) is 12.1 Å². The Balaban J connectivity index is 0.00000280. The Kier molecular flexibility index (Phi) is 8.08. The monoisotopic (exact) mass is 516 g/mol. The van der Waals surface area contributed by atoms with Gasteiger partial charge in [0.15, 0.2) is 5.96 Å². The third-order valence-electron chi connectivity index (χ3n) is 4.37. The second-order valence-corrected chi connectivity index (χ2v) is 7.90. The van der Waals surface area contributed by atoms with Gasteiger partial charge in [-0.25, -0.2) is 13.6 Å². The Bertz CT molecular complexity index is 948. The largest absolute Gasteiger partial charge is 0.493 e. The van der Waals surface area contributed by atoms with Crippen molar-refractivity contribution in [1.82, 2.24) is 10.6 Å². The van der Waals surface area contributed by atoms with Gasteiger partial charge >= 0.3 is 0 Å². The normalized spacial score (nSPS) is 13.3. The fourth-order valence-corrected chi connectivity index (χ4v) is 3.54. The molecule has 0 amide bonds. The van der Waals surface area contributed by atoms with Gasteiger partial charge in [-0.15, -0.1) is 24.0 Å². The number of hydrogen-bond acceptors (Lipinski definition) is 4. The molecule has 0 saturated heterocycles. The van der Waals surface area contributed by atoms with Crippen molar-refractivity contribution in [2.24, 2.45) is 10.1 Å². The quantitative estimate of drug-likeness (QED) is 0.309. The highest BCUT2D eigenvalue weighted by atomic mass is 127. The molecule has 0 aliphatic carbocycles. The smallest absolute Gasteiger partial charge is 0.238 e. The molecule has 0 bridgehead atoms. The lowest BCUT2D eigenvalue weighted by atomic mass is 10.1. The first kappa shape index (κ1) is 22.4. The van der Waals surface area contributed by atoms with Gasteiger partial charge in [0.25, 0.3) is 0 Å². The van der Waals surface area contributed by atoms with Crippen molar-refractivity contribution >= 4 is 40.0 Å². The first-order valence-corrected chi connectivity index (χ1v) is 10.3. The summed E-state index contributed by atoms with van der Waals surface area (Å²) < 4.78 is 28.4. The zero-order chi connectivity index (χ0) is 19.3. The van der Waals surface area contributed by atoms with Gasteiger partial charge < -0.3 is 15.4 Å². The van der Waals surface area contributed by atoms with E-state index in [1.165, 1.54) is 17.2 Å². The van der Waals surface area contributed by atoms with Gasteiger partial charge in [0.2, 0.25) is 10.0 Å². The first-order chi connectivity index (χ1) is 13.0. The van der Waals surface area contributed by atoms with E-state index in [4.69, 9.17) is 9.88 Å². The number of guanidine groups is 1. The van der Waals surface area contributed by atoms with Crippen molar-refractivity contribution in [2.45, 2.75) is 24.3 Å². The number of sulfonamides is 1. The molecular formula is C19H25IN4O3S. The number of nitrogens with two attached hydrogens (primary N) is 1. The van der Waals surface area contributed by atoms with Crippen LogP contribution in [-0.4, -0.2) is 34.6 Å². The second kappa shape index (κ2) is 10.1. The summed E-state index contributed by atoms with van der Waals surface area (Å²) in [5, 5.41) is 11.6. The maximum absolute atomic E-state index is 11.4. The fourth-order valence-electron chi connectivity index (χ4n) is 2.96. The highest BCUT2D eigenvalue weighted by molar-refractivity contribution is 14.0. The van der Waals surface area contributed by atoms with E-state index in [2.05, 4.69) is 27.8 Å². The number of fused-ring (bicyclic) bond motifs is 1. The van der Waals surface area contributed by atoms with Crippen molar-refractivity contribution in [3.63, 3.8) is 0 Å². The summed E-state index contributed by atoms with van der Waals surface area (Å²) in [6.45, 7) is 1.94. The number of aliphatic imine (C=N–C) groups is 1. The average molecular weight is 516 g/mol. The molecule has 2 aromatic carbocycles. The van der Waals surface area contributed by atoms with Crippen molar-refractivity contribution in [1.29, 1.82) is 0 Å². The molecule has 9 heteroatoms. The van der Waals surface area contributed by atoms with Crippen LogP contribution in [0.5, 0.6) is 5.75 Å². The Hall–Kier alpha value is -1.85. The van der Waals surface area contributed by atoms with E-state index in [1.54, 1.807) is 19.2 Å². The van der Waals surface area contributed by atoms with Crippen LogP contribution in [0.1, 0.15) is 16.7 Å². The van der Waals surface area contributed by atoms with Crippen molar-refractivity contribution in [3.8, 4) is 5.75 Å². The van der Waals surface area contributed by atoms with Crippen molar-refractivity contribution in [3.05, 3.63) is 59.2 Å². The number of nitrogens with one attached hydrogen (secondary N) is 2. The lowest BCUT2D eigenvalue weighted by Crippen LogP contribution is -2.37. The number of halogens is 1. The topological polar surface area (TPSA) is 106 Å². The molecule has 152 valence electrons. The molecule has 0 aromatic heterocycles. The molecule has 2 aromatic rings. The molecule has 3 rings (SSSR count). The maximum Gasteiger partial charge on any atom is 0.238 e. The first-order valence-electron chi connectivity index (χ1n) is 8.76. The van der Waals surface area contributed by atoms with Gasteiger partial charge in [-0.1, -0.05) is 24.3 Å². The zero-order valence-corrected chi connectivity index (χ0v) is 18.8. The van der Waals surface area contributed by atoms with Crippen LogP contribution in [0.2, 0.25) is 0 Å². The zero-order valence-electron chi connectivity index (χ0n) is 15.6. The molecule has 0 unspecified atom stereocenters. The summed E-state index contributed by atoms with van der Waals surface area (Å²) >= 11 is 0. The van der Waals surface area contributed by atoms with Gasteiger partial charge in [0.05, 0.1) is 11.5 Å². The Morgan fingerprint density at radius 3 is 2.75 bits per heavy atom. The third kappa shape index (κ3) is 6.08. The summed E-state index contributed by atoms with van der Waals surface area (Å²) in [4.78, 5) is 4.30. The van der Waals surface area contributed by atoms with Gasteiger partial charge in [0.1, 0.15) is 5.75 Å². The van der Waals surface area contributed by atoms with Crippen molar-refractivity contribution in [2.75, 3.05) is 20.2 Å². The van der Waals surface area contributed by atoms with Gasteiger partial charge in [-0.05, 0) is 41.3 Å². The van der Waals surface area contributed by atoms with Gasteiger partial charge in [-0.2, -0.15) is 0 Å². The van der Waals surface area contributed by atoms with E-state index >= 15 is 0 Å². The average Bonchev–Trinajstić information content (AvgIpc) is 3.12. The lowest BCUT2D eigenvalue weighted by Gasteiger charge is -2.12. The van der Waals surface area contributed by atoms with Crippen LogP contribution in [0, 0.1) is 0 Å². The molecule has 4 N–H and O–H groups in total. The molecular weight excluding hydrogens is 491 g/mol. The molecule has 7 nitrogen and oxygen atoms in total. The molecule has 1 aliphatic rings. The standard InChI is InChI=1S/C19H24N4O3S.HI/c1-21-19(23-13-15-3-2-4-17(12-15)27(20,24)25)22-9-7-14-5-6-18-16(11-14)8-10-26-18;/h2-6,11-12H,7-10,13H2,1H3,(H2,20,24,25)(H2,21,22,23);1H. The number of ether oxygens (including phenoxy) is 1. The minimum absolute atomic E-state index is 0. The molecule has 0 saturated carbocycles. The van der Waals surface area contributed by atoms with Crippen LogP contribution < -0.4 is 20.5 Å². The summed E-state index contributed by atoms with van der Waals surface area (Å²) in [5.74, 6) is 1.64. The molecule has 0 fully saturated rings. The lowest BCUT2D eigenvalue weighted by molar-refractivity contribution is 0.357. The molecule has 1 aliphatic heterocycles. The third-order valence-corrected chi connectivity index (χ3v) is 5.28. The molecule has 0 radical (unpaired) electrons. The van der Waals surface area contributed by atoms with Crippen LogP contribution in [0.25, 0.3) is 0 Å². The minimum atomic E-state index is -3.70. The number of rotatable bonds is 6. The van der Waals surface area contributed by atoms with Crippen LogP contribution >= 0.6 is 24.0 Å². The van der Waals surface area contributed by atoms with E-state index in [9.17, 15) is 8.42 Å². The molecule has 0 atom stereocenters. The molecule has 1 heterocycles. The van der Waals surface area contributed by atoms with E-state index in [0.29, 0.717) is 12.5 Å². The predicted molar refractivity (Wildman–Crippen MR) is 121 cm³/mol. The number of primary sulfonamides is 1. The number of benzene rings is 2.